The van der Waals surface area contributed by atoms with Crippen LogP contribution in [0.4, 0.5) is 0 Å². The largest absolute Gasteiger partial charge is 0.507 e. The number of phenols is 1. The zero-order valence-corrected chi connectivity index (χ0v) is 19.7. The van der Waals surface area contributed by atoms with E-state index in [0.717, 1.165) is 11.3 Å². The third-order valence-electron chi connectivity index (χ3n) is 5.93. The highest BCUT2D eigenvalue weighted by Gasteiger charge is 2.29. The lowest BCUT2D eigenvalue weighted by Gasteiger charge is -2.24. The number of nitrogens with one attached hydrogen (secondary N) is 1. The van der Waals surface area contributed by atoms with Gasteiger partial charge in [0.1, 0.15) is 17.3 Å². The zero-order valence-electron chi connectivity index (χ0n) is 19.7. The van der Waals surface area contributed by atoms with Crippen molar-refractivity contribution in [1.82, 2.24) is 14.8 Å². The number of pyridine rings is 1. The lowest BCUT2D eigenvalue weighted by Crippen LogP contribution is -2.31. The molecule has 7 heteroatoms. The SMILES string of the molecule is CC(=O)N(C)CCc1cc(C(=O)CN2Cc3ccc(C)nc3C2=N)cc(C(C)(C)C)c1O. The Labute approximate surface area is 189 Å². The molecule has 3 rings (SSSR count). The maximum Gasteiger partial charge on any atom is 0.219 e. The molecule has 0 atom stereocenters. The summed E-state index contributed by atoms with van der Waals surface area (Å²) in [6, 6.07) is 7.34. The van der Waals surface area contributed by atoms with Gasteiger partial charge in [0.25, 0.3) is 0 Å². The summed E-state index contributed by atoms with van der Waals surface area (Å²) < 4.78 is 0. The number of fused-ring (bicyclic) bond motifs is 1. The van der Waals surface area contributed by atoms with Crippen LogP contribution in [0.15, 0.2) is 24.3 Å². The van der Waals surface area contributed by atoms with Crippen LogP contribution in [0.3, 0.4) is 0 Å². The van der Waals surface area contributed by atoms with Gasteiger partial charge in [-0.05, 0) is 42.5 Å². The monoisotopic (exact) mass is 436 g/mol. The van der Waals surface area contributed by atoms with E-state index in [1.807, 2.05) is 39.8 Å². The van der Waals surface area contributed by atoms with Crippen LogP contribution in [0, 0.1) is 12.3 Å². The van der Waals surface area contributed by atoms with Crippen molar-refractivity contribution < 1.29 is 14.7 Å². The van der Waals surface area contributed by atoms with Crippen molar-refractivity contribution in [2.45, 2.75) is 53.0 Å². The van der Waals surface area contributed by atoms with Crippen molar-refractivity contribution in [3.63, 3.8) is 0 Å². The van der Waals surface area contributed by atoms with E-state index in [1.165, 1.54) is 6.92 Å². The van der Waals surface area contributed by atoms with E-state index in [0.29, 0.717) is 41.9 Å². The van der Waals surface area contributed by atoms with Crippen LogP contribution in [-0.2, 0) is 23.2 Å². The molecule has 7 nitrogen and oxygen atoms in total. The fraction of sp³-hybridized carbons (Fsp3) is 0.440. The smallest absolute Gasteiger partial charge is 0.219 e. The van der Waals surface area contributed by atoms with Crippen molar-refractivity contribution in [3.8, 4) is 5.75 Å². The number of aromatic nitrogens is 1. The van der Waals surface area contributed by atoms with Gasteiger partial charge in [-0.15, -0.1) is 0 Å². The van der Waals surface area contributed by atoms with Gasteiger partial charge in [0.15, 0.2) is 5.78 Å². The molecule has 2 aromatic rings. The predicted molar refractivity (Wildman–Crippen MR) is 124 cm³/mol. The topological polar surface area (TPSA) is 97.6 Å². The first kappa shape index (κ1) is 23.4. The van der Waals surface area contributed by atoms with Crippen molar-refractivity contribution in [2.75, 3.05) is 20.1 Å². The van der Waals surface area contributed by atoms with E-state index in [2.05, 4.69) is 4.98 Å². The van der Waals surface area contributed by atoms with Crippen LogP contribution in [0.5, 0.6) is 5.75 Å². The number of Topliss-reactive ketones (excluding diaryl/α,β-unsaturated/α-hetero) is 1. The molecule has 32 heavy (non-hydrogen) atoms. The zero-order chi connectivity index (χ0) is 23.8. The number of hydrogen-bond donors (Lipinski definition) is 2. The third kappa shape index (κ3) is 4.82. The molecule has 1 aromatic carbocycles. The highest BCUT2D eigenvalue weighted by Crippen LogP contribution is 2.35. The van der Waals surface area contributed by atoms with Crippen LogP contribution < -0.4 is 0 Å². The summed E-state index contributed by atoms with van der Waals surface area (Å²) in [4.78, 5) is 32.6. The Kier molecular flexibility index (Phi) is 6.39. The number of ketones is 1. The van der Waals surface area contributed by atoms with Gasteiger partial charge in [-0.2, -0.15) is 0 Å². The van der Waals surface area contributed by atoms with Gasteiger partial charge in [-0.1, -0.05) is 26.8 Å². The minimum absolute atomic E-state index is 0.0521. The Morgan fingerprint density at radius 1 is 1.25 bits per heavy atom. The second kappa shape index (κ2) is 8.73. The molecule has 0 bridgehead atoms. The molecule has 0 aliphatic carbocycles. The van der Waals surface area contributed by atoms with E-state index in [9.17, 15) is 14.7 Å². The van der Waals surface area contributed by atoms with E-state index in [1.54, 1.807) is 29.0 Å². The minimum atomic E-state index is -0.361. The normalized spacial score (nSPS) is 13.3. The van der Waals surface area contributed by atoms with Crippen LogP contribution in [-0.4, -0.2) is 57.6 Å². The molecule has 1 aromatic heterocycles. The molecule has 0 saturated carbocycles. The number of amides is 1. The number of carbonyl (C=O) groups is 2. The molecular weight excluding hydrogens is 404 g/mol. The van der Waals surface area contributed by atoms with Crippen molar-refractivity contribution in [1.29, 1.82) is 5.41 Å². The van der Waals surface area contributed by atoms with Gasteiger partial charge in [-0.3, -0.25) is 15.0 Å². The maximum absolute atomic E-state index is 13.2. The number of hydrogen-bond acceptors (Lipinski definition) is 5. The summed E-state index contributed by atoms with van der Waals surface area (Å²) in [7, 11) is 1.71. The Hall–Kier alpha value is -3.22. The Morgan fingerprint density at radius 2 is 1.94 bits per heavy atom. The quantitative estimate of drug-likeness (QED) is 0.676. The molecule has 2 N–H and O–H groups in total. The van der Waals surface area contributed by atoms with E-state index < -0.39 is 0 Å². The Bertz CT molecular complexity index is 1090. The molecule has 170 valence electrons. The highest BCUT2D eigenvalue weighted by atomic mass is 16.3. The van der Waals surface area contributed by atoms with Crippen LogP contribution in [0.2, 0.25) is 0 Å². The second-order valence-corrected chi connectivity index (χ2v) is 9.56. The average molecular weight is 437 g/mol. The first-order valence-electron chi connectivity index (χ1n) is 10.8. The van der Waals surface area contributed by atoms with E-state index in [-0.39, 0.29) is 35.2 Å². The predicted octanol–water partition coefficient (Wildman–Crippen LogP) is 3.44. The Balaban J connectivity index is 1.87. The number of benzene rings is 1. The molecule has 1 aliphatic rings. The summed E-state index contributed by atoms with van der Waals surface area (Å²) in [5.41, 5.74) is 3.90. The number of carbonyl (C=O) groups excluding carboxylic acids is 2. The first-order valence-corrected chi connectivity index (χ1v) is 10.8. The molecule has 0 spiro atoms. The molecule has 0 unspecified atom stereocenters. The summed E-state index contributed by atoms with van der Waals surface area (Å²) in [6.45, 7) is 10.3. The van der Waals surface area contributed by atoms with Crippen LogP contribution in [0.25, 0.3) is 0 Å². The number of aryl methyl sites for hydroxylation is 1. The molecule has 0 fully saturated rings. The van der Waals surface area contributed by atoms with E-state index >= 15 is 0 Å². The number of aromatic hydroxyl groups is 1. The molecule has 0 saturated heterocycles. The maximum atomic E-state index is 13.2. The number of amidine groups is 1. The summed E-state index contributed by atoms with van der Waals surface area (Å²) in [6.07, 6.45) is 0.445. The molecule has 0 radical (unpaired) electrons. The number of nitrogens with zero attached hydrogens (tertiary/aromatic N) is 3. The average Bonchev–Trinajstić information content (AvgIpc) is 3.00. The molecule has 2 heterocycles. The van der Waals surface area contributed by atoms with Crippen LogP contribution in [0.1, 0.15) is 66.1 Å². The summed E-state index contributed by atoms with van der Waals surface area (Å²) in [5, 5.41) is 19.3. The van der Waals surface area contributed by atoms with Gasteiger partial charge in [0, 0.05) is 49.4 Å². The second-order valence-electron chi connectivity index (χ2n) is 9.56. The van der Waals surface area contributed by atoms with Crippen molar-refractivity contribution in [2.24, 2.45) is 0 Å². The standard InChI is InChI=1S/C25H32N4O3/c1-15-7-8-18-13-29(24(26)22(18)27-15)14-21(31)19-11-17(9-10-28(6)16(2)30)23(32)20(12-19)25(3,4)5/h7-8,11-12,26,32H,9-10,13-14H2,1-6H3. The van der Waals surface area contributed by atoms with Gasteiger partial charge in [0.05, 0.1) is 6.54 Å². The van der Waals surface area contributed by atoms with Gasteiger partial charge < -0.3 is 14.9 Å². The lowest BCUT2D eigenvalue weighted by atomic mass is 9.83. The minimum Gasteiger partial charge on any atom is -0.507 e. The van der Waals surface area contributed by atoms with E-state index in [4.69, 9.17) is 5.41 Å². The summed E-state index contributed by atoms with van der Waals surface area (Å²) in [5.74, 6) is 0.261. The fourth-order valence-electron chi connectivity index (χ4n) is 3.82. The van der Waals surface area contributed by atoms with Crippen molar-refractivity contribution >= 4 is 17.5 Å². The number of likely N-dealkylation sites (N-methyl/N-ethyl adjacent to an activating group) is 1. The van der Waals surface area contributed by atoms with Crippen LogP contribution >= 0.6 is 0 Å². The molecule has 1 amide bonds. The highest BCUT2D eigenvalue weighted by molar-refractivity contribution is 6.04. The molecule has 1 aliphatic heterocycles. The van der Waals surface area contributed by atoms with Gasteiger partial charge >= 0.3 is 0 Å². The third-order valence-corrected chi connectivity index (χ3v) is 5.93. The summed E-state index contributed by atoms with van der Waals surface area (Å²) >= 11 is 0. The Morgan fingerprint density at radius 3 is 2.56 bits per heavy atom. The lowest BCUT2D eigenvalue weighted by molar-refractivity contribution is -0.127. The fourth-order valence-corrected chi connectivity index (χ4v) is 3.82. The van der Waals surface area contributed by atoms with Gasteiger partial charge in [0.2, 0.25) is 5.91 Å². The van der Waals surface area contributed by atoms with Crippen molar-refractivity contribution in [3.05, 3.63) is 57.9 Å². The number of rotatable bonds is 6. The molecular formula is C25H32N4O3. The first-order chi connectivity index (χ1) is 14.9. The van der Waals surface area contributed by atoms with Gasteiger partial charge in [-0.25, -0.2) is 4.98 Å². The number of phenolic OH excluding ortho intramolecular Hbond substituents is 1.